The number of nitrogen functional groups attached to an aromatic ring is 1. The average molecular weight is 339 g/mol. The normalized spacial score (nSPS) is 9.94. The van der Waals surface area contributed by atoms with E-state index < -0.39 is 0 Å². The van der Waals surface area contributed by atoms with Crippen molar-refractivity contribution >= 4 is 40.0 Å². The van der Waals surface area contributed by atoms with Crippen LogP contribution in [0.15, 0.2) is 42.6 Å². The Morgan fingerprint density at radius 2 is 2.12 bits per heavy atom. The van der Waals surface area contributed by atoms with Crippen molar-refractivity contribution in [3.63, 3.8) is 0 Å². The molecule has 2 aromatic rings. The zero-order valence-electron chi connectivity index (χ0n) is 8.85. The number of aromatic nitrogens is 1. The number of hydrogen-bond donors (Lipinski definition) is 2. The maximum Gasteiger partial charge on any atom is 0.255 e. The lowest BCUT2D eigenvalue weighted by Gasteiger charge is -2.05. The molecule has 0 fully saturated rings. The van der Waals surface area contributed by atoms with Crippen molar-refractivity contribution in [3.8, 4) is 0 Å². The standard InChI is InChI=1S/C12H10IN3O/c13-9-3-1-2-8(6-9)12(17)16-10-4-5-11(14)15-7-10/h1-7H,(H2,14,15)(H,16,17). The van der Waals surface area contributed by atoms with Gasteiger partial charge in [0.05, 0.1) is 11.9 Å². The molecular weight excluding hydrogens is 329 g/mol. The van der Waals surface area contributed by atoms with Crippen molar-refractivity contribution in [1.82, 2.24) is 4.98 Å². The zero-order chi connectivity index (χ0) is 12.3. The number of rotatable bonds is 2. The fourth-order valence-electron chi connectivity index (χ4n) is 1.31. The second kappa shape index (κ2) is 5.13. The minimum Gasteiger partial charge on any atom is -0.384 e. The lowest BCUT2D eigenvalue weighted by Crippen LogP contribution is -2.12. The summed E-state index contributed by atoms with van der Waals surface area (Å²) in [6.07, 6.45) is 1.53. The van der Waals surface area contributed by atoms with Crippen LogP contribution in [0.3, 0.4) is 0 Å². The summed E-state index contributed by atoms with van der Waals surface area (Å²) in [5.74, 6) is 0.271. The van der Waals surface area contributed by atoms with Crippen LogP contribution in [0.25, 0.3) is 0 Å². The Bertz CT molecular complexity index is 540. The van der Waals surface area contributed by atoms with Gasteiger partial charge in [-0.15, -0.1) is 0 Å². The minimum atomic E-state index is -0.157. The van der Waals surface area contributed by atoms with E-state index in [-0.39, 0.29) is 5.91 Å². The Morgan fingerprint density at radius 1 is 1.29 bits per heavy atom. The molecule has 0 spiro atoms. The Balaban J connectivity index is 2.14. The highest BCUT2D eigenvalue weighted by molar-refractivity contribution is 14.1. The third kappa shape index (κ3) is 3.16. The summed E-state index contributed by atoms with van der Waals surface area (Å²) in [5.41, 5.74) is 6.71. The zero-order valence-corrected chi connectivity index (χ0v) is 11.0. The first-order chi connectivity index (χ1) is 8.15. The Labute approximate surface area is 112 Å². The van der Waals surface area contributed by atoms with Gasteiger partial charge >= 0.3 is 0 Å². The first-order valence-electron chi connectivity index (χ1n) is 4.93. The molecule has 17 heavy (non-hydrogen) atoms. The van der Waals surface area contributed by atoms with E-state index in [1.165, 1.54) is 6.20 Å². The van der Waals surface area contributed by atoms with Crippen molar-refractivity contribution in [2.45, 2.75) is 0 Å². The van der Waals surface area contributed by atoms with Crippen LogP contribution in [0.4, 0.5) is 11.5 Å². The van der Waals surface area contributed by atoms with Gasteiger partial charge in [-0.3, -0.25) is 4.79 Å². The number of amides is 1. The van der Waals surface area contributed by atoms with E-state index in [1.807, 2.05) is 18.2 Å². The smallest absolute Gasteiger partial charge is 0.255 e. The summed E-state index contributed by atoms with van der Waals surface area (Å²) < 4.78 is 1.02. The van der Waals surface area contributed by atoms with Gasteiger partial charge in [0.2, 0.25) is 0 Å². The van der Waals surface area contributed by atoms with E-state index in [1.54, 1.807) is 18.2 Å². The molecule has 1 amide bonds. The summed E-state index contributed by atoms with van der Waals surface area (Å²) in [5, 5.41) is 2.75. The van der Waals surface area contributed by atoms with Gasteiger partial charge in [0, 0.05) is 9.13 Å². The Hall–Kier alpha value is -1.63. The maximum atomic E-state index is 11.9. The van der Waals surface area contributed by atoms with Crippen LogP contribution in [0.1, 0.15) is 10.4 Å². The maximum absolute atomic E-state index is 11.9. The Morgan fingerprint density at radius 3 is 2.76 bits per heavy atom. The van der Waals surface area contributed by atoms with Crippen molar-refractivity contribution in [3.05, 3.63) is 51.7 Å². The van der Waals surface area contributed by atoms with Crippen molar-refractivity contribution in [2.24, 2.45) is 0 Å². The first-order valence-corrected chi connectivity index (χ1v) is 6.01. The van der Waals surface area contributed by atoms with E-state index in [9.17, 15) is 4.79 Å². The summed E-state index contributed by atoms with van der Waals surface area (Å²) in [7, 11) is 0. The fraction of sp³-hybridized carbons (Fsp3) is 0. The SMILES string of the molecule is Nc1ccc(NC(=O)c2cccc(I)c2)cn1. The quantitative estimate of drug-likeness (QED) is 0.827. The number of nitrogens with one attached hydrogen (secondary N) is 1. The summed E-state index contributed by atoms with van der Waals surface area (Å²) in [6.45, 7) is 0. The monoisotopic (exact) mass is 339 g/mol. The highest BCUT2D eigenvalue weighted by atomic mass is 127. The van der Waals surface area contributed by atoms with Crippen LogP contribution in [0.2, 0.25) is 0 Å². The molecule has 1 heterocycles. The highest BCUT2D eigenvalue weighted by Gasteiger charge is 2.06. The topological polar surface area (TPSA) is 68.0 Å². The number of anilines is 2. The molecule has 0 aliphatic carbocycles. The summed E-state index contributed by atoms with van der Waals surface area (Å²) in [6, 6.07) is 10.7. The van der Waals surface area contributed by atoms with E-state index in [0.29, 0.717) is 17.1 Å². The number of pyridine rings is 1. The summed E-state index contributed by atoms with van der Waals surface area (Å²) >= 11 is 2.17. The van der Waals surface area contributed by atoms with Crippen LogP contribution in [-0.4, -0.2) is 10.9 Å². The van der Waals surface area contributed by atoms with E-state index >= 15 is 0 Å². The van der Waals surface area contributed by atoms with Gasteiger partial charge < -0.3 is 11.1 Å². The third-order valence-electron chi connectivity index (χ3n) is 2.13. The molecule has 0 saturated heterocycles. The second-order valence-electron chi connectivity index (χ2n) is 3.44. The first kappa shape index (κ1) is 11.8. The molecule has 3 N–H and O–H groups in total. The van der Waals surface area contributed by atoms with Crippen molar-refractivity contribution < 1.29 is 4.79 Å². The molecule has 5 heteroatoms. The lowest BCUT2D eigenvalue weighted by atomic mass is 10.2. The number of halogens is 1. The fourth-order valence-corrected chi connectivity index (χ4v) is 1.86. The average Bonchev–Trinajstić information content (AvgIpc) is 2.32. The van der Waals surface area contributed by atoms with Crippen LogP contribution < -0.4 is 11.1 Å². The third-order valence-corrected chi connectivity index (χ3v) is 2.80. The van der Waals surface area contributed by atoms with Gasteiger partial charge in [-0.25, -0.2) is 4.98 Å². The lowest BCUT2D eigenvalue weighted by molar-refractivity contribution is 0.102. The molecule has 0 saturated carbocycles. The van der Waals surface area contributed by atoms with Crippen LogP contribution >= 0.6 is 22.6 Å². The van der Waals surface area contributed by atoms with Crippen molar-refractivity contribution in [1.29, 1.82) is 0 Å². The molecule has 0 radical (unpaired) electrons. The molecule has 86 valence electrons. The molecule has 2 rings (SSSR count). The molecule has 1 aromatic heterocycles. The number of hydrogen-bond acceptors (Lipinski definition) is 3. The van der Waals surface area contributed by atoms with Gasteiger partial charge in [-0.2, -0.15) is 0 Å². The van der Waals surface area contributed by atoms with Gasteiger partial charge in [-0.1, -0.05) is 6.07 Å². The highest BCUT2D eigenvalue weighted by Crippen LogP contribution is 2.12. The number of nitrogens with two attached hydrogens (primary N) is 1. The molecule has 0 aliphatic heterocycles. The number of nitrogens with zero attached hydrogens (tertiary/aromatic N) is 1. The van der Waals surface area contributed by atoms with Gasteiger partial charge in [0.15, 0.2) is 0 Å². The number of carbonyl (C=O) groups is 1. The second-order valence-corrected chi connectivity index (χ2v) is 4.68. The molecule has 0 unspecified atom stereocenters. The molecule has 0 atom stereocenters. The summed E-state index contributed by atoms with van der Waals surface area (Å²) in [4.78, 5) is 15.8. The molecular formula is C12H10IN3O. The van der Waals surface area contributed by atoms with Gasteiger partial charge in [0.25, 0.3) is 5.91 Å². The van der Waals surface area contributed by atoms with E-state index in [2.05, 4.69) is 32.9 Å². The Kier molecular flexibility index (Phi) is 3.58. The predicted octanol–water partition coefficient (Wildman–Crippen LogP) is 2.52. The molecule has 4 nitrogen and oxygen atoms in total. The van der Waals surface area contributed by atoms with Crippen LogP contribution in [0, 0.1) is 3.57 Å². The van der Waals surface area contributed by atoms with E-state index in [0.717, 1.165) is 3.57 Å². The van der Waals surface area contributed by atoms with Crippen LogP contribution in [-0.2, 0) is 0 Å². The van der Waals surface area contributed by atoms with Gasteiger partial charge in [-0.05, 0) is 52.9 Å². The molecule has 0 bridgehead atoms. The molecule has 1 aromatic carbocycles. The van der Waals surface area contributed by atoms with Crippen molar-refractivity contribution in [2.75, 3.05) is 11.1 Å². The van der Waals surface area contributed by atoms with Gasteiger partial charge in [0.1, 0.15) is 5.82 Å². The molecule has 0 aliphatic rings. The predicted molar refractivity (Wildman–Crippen MR) is 75.8 cm³/mol. The number of carbonyl (C=O) groups excluding carboxylic acids is 1. The largest absolute Gasteiger partial charge is 0.384 e. The van der Waals surface area contributed by atoms with E-state index in [4.69, 9.17) is 5.73 Å². The number of benzene rings is 1. The minimum absolute atomic E-state index is 0.157. The van der Waals surface area contributed by atoms with Crippen LogP contribution in [0.5, 0.6) is 0 Å².